The number of carbonyl (C=O) groups is 1. The summed E-state index contributed by atoms with van der Waals surface area (Å²) in [6, 6.07) is 27.5. The van der Waals surface area contributed by atoms with Crippen LogP contribution in [0.3, 0.4) is 0 Å². The Bertz CT molecular complexity index is 1630. The van der Waals surface area contributed by atoms with Gasteiger partial charge in [0.05, 0.1) is 17.4 Å². The molecule has 40 heavy (non-hydrogen) atoms. The van der Waals surface area contributed by atoms with Crippen LogP contribution in [0, 0.1) is 0 Å². The van der Waals surface area contributed by atoms with Crippen LogP contribution < -0.4 is 16.2 Å². The topological polar surface area (TPSA) is 118 Å². The molecule has 0 saturated carbocycles. The summed E-state index contributed by atoms with van der Waals surface area (Å²) in [6.45, 7) is 5.76. The number of hydrogen-bond donors (Lipinski definition) is 2. The van der Waals surface area contributed by atoms with Crippen molar-refractivity contribution in [2.24, 2.45) is 5.73 Å². The van der Waals surface area contributed by atoms with Gasteiger partial charge in [-0.2, -0.15) is 4.68 Å². The van der Waals surface area contributed by atoms with Gasteiger partial charge in [-0.15, -0.1) is 5.10 Å². The van der Waals surface area contributed by atoms with Crippen molar-refractivity contribution < 1.29 is 14.3 Å². The number of anilines is 1. The van der Waals surface area contributed by atoms with Crippen molar-refractivity contribution in [2.75, 3.05) is 12.3 Å². The van der Waals surface area contributed by atoms with Gasteiger partial charge in [-0.05, 0) is 56.5 Å². The molecule has 0 aliphatic carbocycles. The standard InChI is InChI=1S/C32H33N5O3/c1-32(2,3)40-31(38)37-28-15-14-23(17-27(28)30(34)36-37)26-18-25(19-35-29(26)22-12-8-5-9-13-22)39-20-24(33)16-21-10-6-4-7-11-21/h4-15,17-19,24H,16,20,33H2,1-3H3,(H2,34,36)/t24-/m1/s1. The van der Waals surface area contributed by atoms with Crippen LogP contribution in [0.15, 0.2) is 91.1 Å². The van der Waals surface area contributed by atoms with Gasteiger partial charge in [-0.3, -0.25) is 4.98 Å². The number of nitrogen functional groups attached to an aromatic ring is 1. The summed E-state index contributed by atoms with van der Waals surface area (Å²) in [5.41, 5.74) is 17.1. The second-order valence-corrected chi connectivity index (χ2v) is 10.7. The van der Waals surface area contributed by atoms with Crippen LogP contribution in [-0.4, -0.2) is 39.1 Å². The van der Waals surface area contributed by atoms with Gasteiger partial charge in [-0.25, -0.2) is 4.79 Å². The zero-order chi connectivity index (χ0) is 28.3. The zero-order valence-corrected chi connectivity index (χ0v) is 22.9. The number of ether oxygens (including phenoxy) is 2. The first-order valence-corrected chi connectivity index (χ1v) is 13.2. The van der Waals surface area contributed by atoms with Crippen LogP contribution in [0.2, 0.25) is 0 Å². The fraction of sp³-hybridized carbons (Fsp3) is 0.219. The van der Waals surface area contributed by atoms with Gasteiger partial charge in [0.1, 0.15) is 18.0 Å². The Morgan fingerprint density at radius 1 is 0.950 bits per heavy atom. The normalized spacial score (nSPS) is 12.3. The number of pyridine rings is 1. The molecular formula is C32H33N5O3. The molecule has 1 atom stereocenters. The molecule has 4 N–H and O–H groups in total. The third-order valence-electron chi connectivity index (χ3n) is 6.30. The molecule has 8 nitrogen and oxygen atoms in total. The number of fused-ring (bicyclic) bond motifs is 1. The highest BCUT2D eigenvalue weighted by Gasteiger charge is 2.22. The molecule has 8 heteroatoms. The van der Waals surface area contributed by atoms with Crippen molar-refractivity contribution in [1.82, 2.24) is 14.8 Å². The number of benzene rings is 3. The maximum Gasteiger partial charge on any atom is 0.435 e. The largest absolute Gasteiger partial charge is 0.490 e. The van der Waals surface area contributed by atoms with Gasteiger partial charge in [-0.1, -0.05) is 66.7 Å². The highest BCUT2D eigenvalue weighted by atomic mass is 16.6. The SMILES string of the molecule is CC(C)(C)OC(=O)n1nc(N)c2cc(-c3cc(OC[C@H](N)Cc4ccccc4)cnc3-c3ccccc3)ccc21. The first-order chi connectivity index (χ1) is 19.2. The van der Waals surface area contributed by atoms with Gasteiger partial charge < -0.3 is 20.9 Å². The number of carbonyl (C=O) groups excluding carboxylic acids is 1. The van der Waals surface area contributed by atoms with E-state index in [1.54, 1.807) is 27.0 Å². The molecule has 3 aromatic carbocycles. The quantitative estimate of drug-likeness (QED) is 0.259. The van der Waals surface area contributed by atoms with E-state index in [9.17, 15) is 4.79 Å². The Morgan fingerprint density at radius 2 is 1.65 bits per heavy atom. The summed E-state index contributed by atoms with van der Waals surface area (Å²) in [4.78, 5) is 17.5. The molecule has 2 heterocycles. The number of hydrogen-bond acceptors (Lipinski definition) is 7. The average Bonchev–Trinajstić information content (AvgIpc) is 3.28. The first kappa shape index (κ1) is 26.9. The van der Waals surface area contributed by atoms with E-state index in [0.717, 1.165) is 27.9 Å². The monoisotopic (exact) mass is 535 g/mol. The molecule has 0 saturated heterocycles. The van der Waals surface area contributed by atoms with Gasteiger partial charge in [0.2, 0.25) is 0 Å². The van der Waals surface area contributed by atoms with Crippen molar-refractivity contribution in [2.45, 2.75) is 38.8 Å². The van der Waals surface area contributed by atoms with Crippen molar-refractivity contribution >= 4 is 22.8 Å². The first-order valence-electron chi connectivity index (χ1n) is 13.2. The van der Waals surface area contributed by atoms with E-state index in [2.05, 4.69) is 17.2 Å². The highest BCUT2D eigenvalue weighted by molar-refractivity contribution is 5.98. The van der Waals surface area contributed by atoms with Gasteiger partial charge in [0.15, 0.2) is 5.82 Å². The molecule has 0 unspecified atom stereocenters. The molecule has 0 aliphatic heterocycles. The van der Waals surface area contributed by atoms with Crippen molar-refractivity contribution in [3.8, 4) is 28.1 Å². The van der Waals surface area contributed by atoms with E-state index in [1.165, 1.54) is 4.68 Å². The number of aromatic nitrogens is 3. The fourth-order valence-corrected chi connectivity index (χ4v) is 4.50. The predicted octanol–water partition coefficient (Wildman–Crippen LogP) is 6.08. The predicted molar refractivity (Wildman–Crippen MR) is 158 cm³/mol. The summed E-state index contributed by atoms with van der Waals surface area (Å²) < 4.78 is 12.8. The molecule has 0 amide bonds. The maximum atomic E-state index is 12.8. The van der Waals surface area contributed by atoms with Crippen molar-refractivity contribution in [3.05, 3.63) is 96.7 Å². The van der Waals surface area contributed by atoms with E-state index in [0.29, 0.717) is 29.7 Å². The minimum absolute atomic E-state index is 0.172. The summed E-state index contributed by atoms with van der Waals surface area (Å²) in [6.07, 6.45) is 1.84. The number of rotatable bonds is 7. The number of nitrogens with zero attached hydrogens (tertiary/aromatic N) is 3. The minimum Gasteiger partial charge on any atom is -0.490 e. The summed E-state index contributed by atoms with van der Waals surface area (Å²) in [5, 5.41) is 4.89. The van der Waals surface area contributed by atoms with E-state index in [1.807, 2.05) is 72.8 Å². The molecule has 5 rings (SSSR count). The van der Waals surface area contributed by atoms with Crippen LogP contribution in [0.1, 0.15) is 26.3 Å². The minimum atomic E-state index is -0.662. The second-order valence-electron chi connectivity index (χ2n) is 10.7. The summed E-state index contributed by atoms with van der Waals surface area (Å²) in [7, 11) is 0. The van der Waals surface area contributed by atoms with Crippen molar-refractivity contribution in [1.29, 1.82) is 0 Å². The van der Waals surface area contributed by atoms with Crippen molar-refractivity contribution in [3.63, 3.8) is 0 Å². The molecule has 0 fully saturated rings. The zero-order valence-electron chi connectivity index (χ0n) is 22.9. The number of nitrogens with two attached hydrogens (primary N) is 2. The third-order valence-corrected chi connectivity index (χ3v) is 6.30. The molecule has 5 aromatic rings. The summed E-state index contributed by atoms with van der Waals surface area (Å²) in [5.74, 6) is 0.840. The Hall–Kier alpha value is -4.69. The van der Waals surface area contributed by atoms with Crippen LogP contribution in [0.4, 0.5) is 10.6 Å². The van der Waals surface area contributed by atoms with Gasteiger partial charge in [0, 0.05) is 22.6 Å². The van der Waals surface area contributed by atoms with E-state index in [4.69, 9.17) is 25.9 Å². The van der Waals surface area contributed by atoms with Gasteiger partial charge in [0.25, 0.3) is 0 Å². The third kappa shape index (κ3) is 6.13. The molecule has 204 valence electrons. The average molecular weight is 536 g/mol. The lowest BCUT2D eigenvalue weighted by molar-refractivity contribution is 0.0523. The Balaban J connectivity index is 1.48. The van der Waals surface area contributed by atoms with Crippen LogP contribution >= 0.6 is 0 Å². The van der Waals surface area contributed by atoms with E-state index >= 15 is 0 Å². The lowest BCUT2D eigenvalue weighted by Crippen LogP contribution is -2.30. The lowest BCUT2D eigenvalue weighted by atomic mass is 9.98. The Morgan fingerprint density at radius 3 is 2.35 bits per heavy atom. The smallest absolute Gasteiger partial charge is 0.435 e. The molecule has 0 spiro atoms. The molecule has 0 aliphatic rings. The van der Waals surface area contributed by atoms with Gasteiger partial charge >= 0.3 is 6.09 Å². The highest BCUT2D eigenvalue weighted by Crippen LogP contribution is 2.36. The maximum absolute atomic E-state index is 12.8. The summed E-state index contributed by atoms with van der Waals surface area (Å²) >= 11 is 0. The van der Waals surface area contributed by atoms with E-state index < -0.39 is 11.7 Å². The molecule has 0 bridgehead atoms. The van der Waals surface area contributed by atoms with Crippen LogP contribution in [0.5, 0.6) is 5.75 Å². The Labute approximate surface area is 233 Å². The Kier molecular flexibility index (Phi) is 7.53. The van der Waals surface area contributed by atoms with Crippen LogP contribution in [0.25, 0.3) is 33.3 Å². The molecule has 0 radical (unpaired) electrons. The molecule has 2 aromatic heterocycles. The van der Waals surface area contributed by atoms with Crippen LogP contribution in [-0.2, 0) is 11.2 Å². The fourth-order valence-electron chi connectivity index (χ4n) is 4.50. The lowest BCUT2D eigenvalue weighted by Gasteiger charge is -2.19. The second kappa shape index (κ2) is 11.2. The molecular weight excluding hydrogens is 502 g/mol. The van der Waals surface area contributed by atoms with E-state index in [-0.39, 0.29) is 11.9 Å².